The molecule has 0 amide bonds. The summed E-state index contributed by atoms with van der Waals surface area (Å²) in [7, 11) is -1.69. The Kier molecular flexibility index (Phi) is 5.17. The summed E-state index contributed by atoms with van der Waals surface area (Å²) in [6.07, 6.45) is -1.87. The number of methoxy groups -OCH3 is 1. The number of hydrogen-bond acceptors (Lipinski definition) is 5. The van der Waals surface area contributed by atoms with E-state index in [0.29, 0.717) is 18.0 Å². The van der Waals surface area contributed by atoms with Crippen LogP contribution in [-0.2, 0) is 29.0 Å². The number of rotatable bonds is 4. The zero-order chi connectivity index (χ0) is 22.4. The van der Waals surface area contributed by atoms with Crippen molar-refractivity contribution in [3.05, 3.63) is 71.4 Å². The highest BCUT2D eigenvalue weighted by molar-refractivity contribution is 7.91. The van der Waals surface area contributed by atoms with Gasteiger partial charge in [-0.1, -0.05) is 12.1 Å². The van der Waals surface area contributed by atoms with E-state index in [2.05, 4.69) is 4.98 Å². The molecule has 1 atom stereocenters. The average molecular weight is 447 g/mol. The SMILES string of the molecule is COc1ccc2c(c1)-c1ncccc1N(Cc1ccc(S(C)(=N)=O)cc1C(F)(F)F)C2. The number of anilines is 1. The van der Waals surface area contributed by atoms with Gasteiger partial charge in [-0.25, -0.2) is 8.99 Å². The molecular formula is C22H20F3N3O2S. The number of ether oxygens (including phenoxy) is 1. The van der Waals surface area contributed by atoms with Gasteiger partial charge in [-0.3, -0.25) is 4.98 Å². The number of alkyl halides is 3. The quantitative estimate of drug-likeness (QED) is 0.587. The maximum absolute atomic E-state index is 13.8. The third kappa shape index (κ3) is 4.10. The number of aromatic nitrogens is 1. The predicted octanol–water partition coefficient (Wildman–Crippen LogP) is 5.33. The van der Waals surface area contributed by atoms with Crippen molar-refractivity contribution in [3.8, 4) is 17.0 Å². The number of nitrogens with one attached hydrogen (secondary N) is 1. The summed E-state index contributed by atoms with van der Waals surface area (Å²) in [6, 6.07) is 12.6. The molecule has 2 aromatic carbocycles. The minimum Gasteiger partial charge on any atom is -0.497 e. The molecule has 0 saturated heterocycles. The van der Waals surface area contributed by atoms with Gasteiger partial charge in [-0.15, -0.1) is 0 Å². The Morgan fingerprint density at radius 3 is 2.65 bits per heavy atom. The maximum atomic E-state index is 13.8. The Labute approximate surface area is 178 Å². The van der Waals surface area contributed by atoms with E-state index >= 15 is 0 Å². The van der Waals surface area contributed by atoms with E-state index in [4.69, 9.17) is 9.52 Å². The molecule has 162 valence electrons. The molecule has 0 saturated carbocycles. The van der Waals surface area contributed by atoms with E-state index < -0.39 is 21.5 Å². The van der Waals surface area contributed by atoms with E-state index in [1.807, 2.05) is 29.2 Å². The summed E-state index contributed by atoms with van der Waals surface area (Å²) >= 11 is 0. The van der Waals surface area contributed by atoms with Crippen LogP contribution in [0.2, 0.25) is 0 Å². The molecule has 1 N–H and O–H groups in total. The Morgan fingerprint density at radius 2 is 1.97 bits per heavy atom. The molecule has 9 heteroatoms. The van der Waals surface area contributed by atoms with E-state index in [9.17, 15) is 17.4 Å². The summed E-state index contributed by atoms with van der Waals surface area (Å²) < 4.78 is 66.3. The predicted molar refractivity (Wildman–Crippen MR) is 113 cm³/mol. The first-order valence-electron chi connectivity index (χ1n) is 9.39. The van der Waals surface area contributed by atoms with Crippen molar-refractivity contribution in [1.82, 2.24) is 4.98 Å². The molecule has 3 aromatic rings. The monoisotopic (exact) mass is 447 g/mol. The van der Waals surface area contributed by atoms with Gasteiger partial charge in [0.05, 0.1) is 33.8 Å². The Morgan fingerprint density at radius 1 is 1.19 bits per heavy atom. The van der Waals surface area contributed by atoms with Crippen LogP contribution < -0.4 is 9.64 Å². The highest BCUT2D eigenvalue weighted by Gasteiger charge is 2.35. The summed E-state index contributed by atoms with van der Waals surface area (Å²) in [6.45, 7) is 0.391. The first-order chi connectivity index (χ1) is 14.6. The van der Waals surface area contributed by atoms with Crippen molar-refractivity contribution in [3.63, 3.8) is 0 Å². The highest BCUT2D eigenvalue weighted by atomic mass is 32.2. The maximum Gasteiger partial charge on any atom is 0.416 e. The van der Waals surface area contributed by atoms with Gasteiger partial charge in [0.2, 0.25) is 0 Å². The minimum atomic E-state index is -4.63. The summed E-state index contributed by atoms with van der Waals surface area (Å²) in [5.74, 6) is 0.678. The molecule has 2 heterocycles. The number of nitrogens with zero attached hydrogens (tertiary/aromatic N) is 2. The smallest absolute Gasteiger partial charge is 0.416 e. The van der Waals surface area contributed by atoms with Crippen molar-refractivity contribution >= 4 is 15.4 Å². The fraction of sp³-hybridized carbons (Fsp3) is 0.227. The Bertz CT molecular complexity index is 1260. The molecule has 1 aliphatic rings. The van der Waals surface area contributed by atoms with Gasteiger partial charge in [-0.05, 0) is 47.5 Å². The second kappa shape index (κ2) is 7.56. The summed E-state index contributed by atoms with van der Waals surface area (Å²) in [5, 5.41) is 0. The highest BCUT2D eigenvalue weighted by Crippen LogP contribution is 2.41. The Hall–Kier alpha value is -3.07. The molecule has 1 aromatic heterocycles. The second-order valence-corrected chi connectivity index (χ2v) is 9.57. The van der Waals surface area contributed by atoms with Crippen molar-refractivity contribution in [1.29, 1.82) is 4.78 Å². The summed E-state index contributed by atoms with van der Waals surface area (Å²) in [5.41, 5.74) is 2.39. The van der Waals surface area contributed by atoms with Crippen LogP contribution in [-0.4, -0.2) is 22.6 Å². The molecule has 1 unspecified atom stereocenters. The zero-order valence-electron chi connectivity index (χ0n) is 16.9. The van der Waals surface area contributed by atoms with E-state index in [-0.39, 0.29) is 17.0 Å². The molecular weight excluding hydrogens is 427 g/mol. The largest absolute Gasteiger partial charge is 0.497 e. The van der Waals surface area contributed by atoms with Crippen molar-refractivity contribution in [2.45, 2.75) is 24.2 Å². The normalized spacial score (nSPS) is 15.1. The lowest BCUT2D eigenvalue weighted by atomic mass is 9.96. The molecule has 1 aliphatic heterocycles. The van der Waals surface area contributed by atoms with Gasteiger partial charge in [0.15, 0.2) is 0 Å². The van der Waals surface area contributed by atoms with Gasteiger partial charge in [-0.2, -0.15) is 13.2 Å². The zero-order valence-corrected chi connectivity index (χ0v) is 17.7. The number of pyridine rings is 1. The standard InChI is InChI=1S/C22H20F3N3O2S/c1-30-16-7-5-14-12-28(20-4-3-9-27-21(20)18(14)10-16)13-15-6-8-17(31(2,26)29)11-19(15)22(23,24)25/h3-11,26H,12-13H2,1-2H3. The van der Waals surface area contributed by atoms with Crippen molar-refractivity contribution < 1.29 is 22.1 Å². The van der Waals surface area contributed by atoms with Crippen LogP contribution in [0.25, 0.3) is 11.3 Å². The van der Waals surface area contributed by atoms with Crippen LogP contribution >= 0.6 is 0 Å². The van der Waals surface area contributed by atoms with Gasteiger partial charge in [0.1, 0.15) is 5.75 Å². The van der Waals surface area contributed by atoms with Crippen LogP contribution in [0.1, 0.15) is 16.7 Å². The first kappa shape index (κ1) is 21.2. The molecule has 0 aliphatic carbocycles. The lowest BCUT2D eigenvalue weighted by Crippen LogP contribution is -2.28. The number of hydrogen-bond donors (Lipinski definition) is 1. The molecule has 0 radical (unpaired) electrons. The fourth-order valence-corrected chi connectivity index (χ4v) is 4.41. The first-order valence-corrected chi connectivity index (χ1v) is 11.4. The van der Waals surface area contributed by atoms with Crippen LogP contribution in [0.4, 0.5) is 18.9 Å². The van der Waals surface area contributed by atoms with Crippen LogP contribution in [0, 0.1) is 4.78 Å². The van der Waals surface area contributed by atoms with E-state index in [1.54, 1.807) is 19.4 Å². The van der Waals surface area contributed by atoms with Gasteiger partial charge in [0.25, 0.3) is 0 Å². The van der Waals surface area contributed by atoms with E-state index in [0.717, 1.165) is 29.1 Å². The lowest BCUT2D eigenvalue weighted by molar-refractivity contribution is -0.138. The topological polar surface area (TPSA) is 66.3 Å². The van der Waals surface area contributed by atoms with Gasteiger partial charge >= 0.3 is 6.18 Å². The average Bonchev–Trinajstić information content (AvgIpc) is 2.72. The minimum absolute atomic E-state index is 0.0117. The van der Waals surface area contributed by atoms with Crippen molar-refractivity contribution in [2.75, 3.05) is 18.3 Å². The summed E-state index contributed by atoms with van der Waals surface area (Å²) in [4.78, 5) is 6.16. The van der Waals surface area contributed by atoms with Crippen LogP contribution in [0.15, 0.2) is 59.6 Å². The molecule has 31 heavy (non-hydrogen) atoms. The van der Waals surface area contributed by atoms with Gasteiger partial charge in [0, 0.05) is 36.0 Å². The van der Waals surface area contributed by atoms with Crippen molar-refractivity contribution in [2.24, 2.45) is 0 Å². The lowest BCUT2D eigenvalue weighted by Gasteiger charge is -2.33. The molecule has 4 rings (SSSR count). The second-order valence-electron chi connectivity index (χ2n) is 7.41. The molecule has 0 spiro atoms. The van der Waals surface area contributed by atoms with E-state index in [1.165, 1.54) is 12.1 Å². The molecule has 5 nitrogen and oxygen atoms in total. The molecule has 0 fully saturated rings. The van der Waals surface area contributed by atoms with Crippen LogP contribution in [0.5, 0.6) is 5.75 Å². The van der Waals surface area contributed by atoms with Gasteiger partial charge < -0.3 is 9.64 Å². The number of halogens is 3. The number of benzene rings is 2. The number of fused-ring (bicyclic) bond motifs is 3. The van der Waals surface area contributed by atoms with Crippen LogP contribution in [0.3, 0.4) is 0 Å². The fourth-order valence-electron chi connectivity index (χ4n) is 3.74. The molecule has 0 bridgehead atoms. The Balaban J connectivity index is 1.78. The third-order valence-corrected chi connectivity index (χ3v) is 6.41. The third-order valence-electron chi connectivity index (χ3n) is 5.26.